The number of rotatable bonds is 5. The van der Waals surface area contributed by atoms with Crippen molar-refractivity contribution in [1.82, 2.24) is 4.31 Å². The molecule has 0 bridgehead atoms. The second-order valence-electron chi connectivity index (χ2n) is 7.07. The van der Waals surface area contributed by atoms with E-state index in [0.717, 1.165) is 25.9 Å². The summed E-state index contributed by atoms with van der Waals surface area (Å²) >= 11 is 0. The van der Waals surface area contributed by atoms with Crippen molar-refractivity contribution in [2.45, 2.75) is 50.0 Å². The molecule has 2 N–H and O–H groups in total. The van der Waals surface area contributed by atoms with Gasteiger partial charge in [0.05, 0.1) is 18.0 Å². The number of piperidine rings is 1. The van der Waals surface area contributed by atoms with Gasteiger partial charge in [0, 0.05) is 18.8 Å². The third-order valence-electron chi connectivity index (χ3n) is 5.33. The molecule has 25 heavy (non-hydrogen) atoms. The summed E-state index contributed by atoms with van der Waals surface area (Å²) in [6.45, 7) is 5.24. The molecule has 7 heteroatoms. The molecular formula is C18H28N3O3S+. The molecule has 1 atom stereocenters. The average molecular weight is 367 g/mol. The molecule has 6 nitrogen and oxygen atoms in total. The van der Waals surface area contributed by atoms with E-state index in [0.29, 0.717) is 23.7 Å². The first-order valence-corrected chi connectivity index (χ1v) is 10.7. The van der Waals surface area contributed by atoms with Crippen LogP contribution in [-0.4, -0.2) is 50.9 Å². The molecule has 2 saturated heterocycles. The zero-order chi connectivity index (χ0) is 17.9. The van der Waals surface area contributed by atoms with Gasteiger partial charge in [-0.15, -0.1) is 0 Å². The Morgan fingerprint density at radius 3 is 2.24 bits per heavy atom. The number of carbonyl (C=O) groups excluding carboxylic acids is 1. The van der Waals surface area contributed by atoms with Crippen LogP contribution in [0.25, 0.3) is 0 Å². The molecule has 0 radical (unpaired) electrons. The lowest BCUT2D eigenvalue weighted by Crippen LogP contribution is -3.17. The van der Waals surface area contributed by atoms with Gasteiger partial charge in [-0.3, -0.25) is 4.79 Å². The highest BCUT2D eigenvalue weighted by Gasteiger charge is 2.28. The Hall–Kier alpha value is -1.44. The molecule has 0 aliphatic carbocycles. The average Bonchev–Trinajstić information content (AvgIpc) is 3.18. The smallest absolute Gasteiger partial charge is 0.282 e. The van der Waals surface area contributed by atoms with Gasteiger partial charge in [-0.05, 0) is 63.3 Å². The number of nitrogens with zero attached hydrogens (tertiary/aromatic N) is 1. The molecule has 0 spiro atoms. The lowest BCUT2D eigenvalue weighted by atomic mass is 10.1. The summed E-state index contributed by atoms with van der Waals surface area (Å²) in [6.07, 6.45) is 5.45. The summed E-state index contributed by atoms with van der Waals surface area (Å²) in [5, 5.41) is 2.92. The van der Waals surface area contributed by atoms with E-state index in [1.807, 2.05) is 6.92 Å². The number of anilines is 1. The van der Waals surface area contributed by atoms with Crippen molar-refractivity contribution in [1.29, 1.82) is 0 Å². The molecule has 1 aromatic rings. The summed E-state index contributed by atoms with van der Waals surface area (Å²) in [5.74, 6) is -0.00736. The first kappa shape index (κ1) is 18.4. The number of nitrogens with one attached hydrogen (secondary N) is 2. The van der Waals surface area contributed by atoms with Crippen LogP contribution in [0.1, 0.15) is 39.0 Å². The Morgan fingerprint density at radius 1 is 1.04 bits per heavy atom. The van der Waals surface area contributed by atoms with Crippen LogP contribution < -0.4 is 10.2 Å². The molecule has 0 aromatic heterocycles. The van der Waals surface area contributed by atoms with Gasteiger partial charge in [-0.25, -0.2) is 8.42 Å². The van der Waals surface area contributed by atoms with E-state index < -0.39 is 10.0 Å². The second kappa shape index (κ2) is 7.85. The van der Waals surface area contributed by atoms with Crippen LogP contribution in [0.5, 0.6) is 0 Å². The number of carbonyl (C=O) groups is 1. The lowest BCUT2D eigenvalue weighted by Gasteiger charge is -2.28. The molecule has 138 valence electrons. The van der Waals surface area contributed by atoms with Crippen molar-refractivity contribution in [2.24, 2.45) is 0 Å². The number of sulfonamides is 1. The normalized spacial score (nSPS) is 21.2. The fraction of sp³-hybridized carbons (Fsp3) is 0.611. The SMILES string of the molecule is C[C@@H](C(=O)Nc1ccc(S(=O)(=O)N2CCCC2)cc1)[NH+]1CCCCC1. The predicted molar refractivity (Wildman–Crippen MR) is 97.1 cm³/mol. The Bertz CT molecular complexity index is 691. The fourth-order valence-electron chi connectivity index (χ4n) is 3.66. The summed E-state index contributed by atoms with van der Waals surface area (Å²) in [7, 11) is -3.40. The summed E-state index contributed by atoms with van der Waals surface area (Å²) in [5.41, 5.74) is 0.647. The molecular weight excluding hydrogens is 338 g/mol. The number of hydrogen-bond acceptors (Lipinski definition) is 3. The van der Waals surface area contributed by atoms with Crippen molar-refractivity contribution in [3.8, 4) is 0 Å². The van der Waals surface area contributed by atoms with Gasteiger partial charge in [-0.2, -0.15) is 4.31 Å². The van der Waals surface area contributed by atoms with Gasteiger partial charge in [0.15, 0.2) is 6.04 Å². The zero-order valence-corrected chi connectivity index (χ0v) is 15.6. The third-order valence-corrected chi connectivity index (χ3v) is 7.24. The van der Waals surface area contributed by atoms with Gasteiger partial charge in [0.1, 0.15) is 0 Å². The zero-order valence-electron chi connectivity index (χ0n) is 14.8. The van der Waals surface area contributed by atoms with Crippen LogP contribution in [0.15, 0.2) is 29.2 Å². The van der Waals surface area contributed by atoms with Gasteiger partial charge >= 0.3 is 0 Å². The highest BCUT2D eigenvalue weighted by molar-refractivity contribution is 7.89. The Kier molecular flexibility index (Phi) is 5.76. The van der Waals surface area contributed by atoms with Crippen LogP contribution in [0.2, 0.25) is 0 Å². The number of amides is 1. The number of hydrogen-bond donors (Lipinski definition) is 2. The number of likely N-dealkylation sites (tertiary alicyclic amines) is 1. The van der Waals surface area contributed by atoms with Gasteiger partial charge in [-0.1, -0.05) is 0 Å². The van der Waals surface area contributed by atoms with E-state index in [1.54, 1.807) is 24.3 Å². The minimum Gasteiger partial charge on any atom is -0.325 e. The van der Waals surface area contributed by atoms with Crippen LogP contribution in [0.4, 0.5) is 5.69 Å². The standard InChI is InChI=1S/C18H27N3O3S/c1-15(20-11-3-2-4-12-20)18(22)19-16-7-9-17(10-8-16)25(23,24)21-13-5-6-14-21/h7-10,15H,2-6,11-14H2,1H3,(H,19,22)/p+1/t15-/m0/s1. The Labute approximate surface area is 150 Å². The fourth-order valence-corrected chi connectivity index (χ4v) is 5.18. The molecule has 1 aromatic carbocycles. The van der Waals surface area contributed by atoms with Crippen molar-refractivity contribution in [3.63, 3.8) is 0 Å². The second-order valence-corrected chi connectivity index (χ2v) is 9.00. The molecule has 2 heterocycles. The lowest BCUT2D eigenvalue weighted by molar-refractivity contribution is -0.918. The van der Waals surface area contributed by atoms with Crippen LogP contribution >= 0.6 is 0 Å². The quantitative estimate of drug-likeness (QED) is 0.812. The van der Waals surface area contributed by atoms with E-state index in [9.17, 15) is 13.2 Å². The maximum Gasteiger partial charge on any atom is 0.282 e. The van der Waals surface area contributed by atoms with Gasteiger partial charge in [0.25, 0.3) is 5.91 Å². The molecule has 2 fully saturated rings. The third kappa shape index (κ3) is 4.22. The highest BCUT2D eigenvalue weighted by atomic mass is 32.2. The minimum absolute atomic E-state index is 0.00736. The summed E-state index contributed by atoms with van der Waals surface area (Å²) in [6, 6.07) is 6.44. The molecule has 3 rings (SSSR count). The Morgan fingerprint density at radius 2 is 1.64 bits per heavy atom. The monoisotopic (exact) mass is 366 g/mol. The van der Waals surface area contributed by atoms with E-state index in [-0.39, 0.29) is 11.9 Å². The topological polar surface area (TPSA) is 70.9 Å². The predicted octanol–water partition coefficient (Wildman–Crippen LogP) is 0.867. The van der Waals surface area contributed by atoms with Gasteiger partial charge < -0.3 is 10.2 Å². The first-order valence-electron chi connectivity index (χ1n) is 9.24. The number of benzene rings is 1. The summed E-state index contributed by atoms with van der Waals surface area (Å²) in [4.78, 5) is 14.1. The van der Waals surface area contributed by atoms with Crippen LogP contribution in [0.3, 0.4) is 0 Å². The van der Waals surface area contributed by atoms with Crippen molar-refractivity contribution < 1.29 is 18.1 Å². The molecule has 2 aliphatic rings. The van der Waals surface area contributed by atoms with Crippen LogP contribution in [-0.2, 0) is 14.8 Å². The largest absolute Gasteiger partial charge is 0.325 e. The maximum absolute atomic E-state index is 12.5. The van der Waals surface area contributed by atoms with Crippen molar-refractivity contribution in [3.05, 3.63) is 24.3 Å². The number of quaternary nitrogens is 1. The van der Waals surface area contributed by atoms with Crippen LogP contribution in [0, 0.1) is 0 Å². The van der Waals surface area contributed by atoms with E-state index in [4.69, 9.17) is 0 Å². The molecule has 2 aliphatic heterocycles. The Balaban J connectivity index is 1.63. The van der Waals surface area contributed by atoms with E-state index >= 15 is 0 Å². The molecule has 1 amide bonds. The van der Waals surface area contributed by atoms with E-state index in [2.05, 4.69) is 5.32 Å². The van der Waals surface area contributed by atoms with Gasteiger partial charge in [0.2, 0.25) is 10.0 Å². The molecule has 0 saturated carbocycles. The maximum atomic E-state index is 12.5. The van der Waals surface area contributed by atoms with Crippen molar-refractivity contribution in [2.75, 3.05) is 31.5 Å². The molecule has 0 unspecified atom stereocenters. The minimum atomic E-state index is -3.40. The van der Waals surface area contributed by atoms with Crippen molar-refractivity contribution >= 4 is 21.6 Å². The van der Waals surface area contributed by atoms with E-state index in [1.165, 1.54) is 28.5 Å². The summed E-state index contributed by atoms with van der Waals surface area (Å²) < 4.78 is 26.6. The first-order chi connectivity index (χ1) is 12.0. The highest BCUT2D eigenvalue weighted by Crippen LogP contribution is 2.22.